The Labute approximate surface area is 176 Å². The van der Waals surface area contributed by atoms with Gasteiger partial charge in [0.25, 0.3) is 0 Å². The van der Waals surface area contributed by atoms with Crippen LogP contribution in [0.25, 0.3) is 10.9 Å². The maximum Gasteiger partial charge on any atom is 0.338 e. The fraction of sp³-hybridized carbons (Fsp3) is 0.190. The van der Waals surface area contributed by atoms with E-state index in [9.17, 15) is 10.1 Å². The van der Waals surface area contributed by atoms with Crippen molar-refractivity contribution in [2.45, 2.75) is 12.8 Å². The van der Waals surface area contributed by atoms with Crippen molar-refractivity contribution in [3.8, 4) is 17.6 Å². The minimum absolute atomic E-state index is 0.00338. The molecule has 0 fully saturated rings. The van der Waals surface area contributed by atoms with Gasteiger partial charge < -0.3 is 24.7 Å². The standard InChI is InChI=1S/C21H16ClN3O5/c1-3-4-27-21(26)17-10(2)30-20(24)13(8-23)18(17)12-5-11-6-15-16(29-9-28-15)7-14(11)25-19(12)22/h3,5-7,18H,1,4,9,24H2,2H3. The molecule has 1 atom stereocenters. The van der Waals surface area contributed by atoms with Crippen LogP contribution in [-0.2, 0) is 14.3 Å². The molecule has 30 heavy (non-hydrogen) atoms. The number of carbonyl (C=O) groups excluding carboxylic acids is 1. The van der Waals surface area contributed by atoms with Crippen LogP contribution in [0.2, 0.25) is 5.15 Å². The van der Waals surface area contributed by atoms with Crippen molar-refractivity contribution in [1.82, 2.24) is 4.98 Å². The maximum atomic E-state index is 12.8. The van der Waals surface area contributed by atoms with Crippen LogP contribution in [0.4, 0.5) is 0 Å². The SMILES string of the molecule is C=CCOC(=O)C1=C(C)OC(N)=C(C#N)C1c1cc2cc3c(cc2nc1Cl)OCO3. The second-order valence-corrected chi connectivity index (χ2v) is 6.91. The monoisotopic (exact) mass is 425 g/mol. The van der Waals surface area contributed by atoms with Gasteiger partial charge in [-0.15, -0.1) is 0 Å². The highest BCUT2D eigenvalue weighted by Gasteiger charge is 2.38. The minimum Gasteiger partial charge on any atom is -0.458 e. The number of benzene rings is 1. The summed E-state index contributed by atoms with van der Waals surface area (Å²) in [6.07, 6.45) is 1.44. The van der Waals surface area contributed by atoms with E-state index in [1.165, 1.54) is 6.08 Å². The molecule has 4 rings (SSSR count). The molecule has 2 aromatic rings. The van der Waals surface area contributed by atoms with Gasteiger partial charge in [0.2, 0.25) is 12.7 Å². The van der Waals surface area contributed by atoms with E-state index in [1.807, 2.05) is 6.07 Å². The summed E-state index contributed by atoms with van der Waals surface area (Å²) in [4.78, 5) is 17.2. The Kier molecular flexibility index (Phi) is 4.98. The lowest BCUT2D eigenvalue weighted by molar-refractivity contribution is -0.138. The fourth-order valence-electron chi connectivity index (χ4n) is 3.43. The molecule has 1 aromatic carbocycles. The highest BCUT2D eigenvalue weighted by atomic mass is 35.5. The maximum absolute atomic E-state index is 12.8. The number of halogens is 1. The Morgan fingerprint density at radius 2 is 2.17 bits per heavy atom. The van der Waals surface area contributed by atoms with Crippen LogP contribution in [0.15, 0.2) is 53.6 Å². The molecule has 0 amide bonds. The average molecular weight is 426 g/mol. The molecule has 2 N–H and O–H groups in total. The first-order chi connectivity index (χ1) is 14.4. The third kappa shape index (κ3) is 3.19. The van der Waals surface area contributed by atoms with Gasteiger partial charge in [-0.1, -0.05) is 24.3 Å². The van der Waals surface area contributed by atoms with Crippen LogP contribution in [0, 0.1) is 11.3 Å². The first kappa shape index (κ1) is 19.6. The summed E-state index contributed by atoms with van der Waals surface area (Å²) >= 11 is 6.49. The Morgan fingerprint density at radius 1 is 1.43 bits per heavy atom. The second-order valence-electron chi connectivity index (χ2n) is 6.55. The zero-order chi connectivity index (χ0) is 21.4. The summed E-state index contributed by atoms with van der Waals surface area (Å²) in [7, 11) is 0. The third-order valence-electron chi connectivity index (χ3n) is 4.76. The van der Waals surface area contributed by atoms with E-state index in [-0.39, 0.29) is 41.3 Å². The van der Waals surface area contributed by atoms with Gasteiger partial charge in [0.1, 0.15) is 29.2 Å². The molecule has 1 aromatic heterocycles. The molecular formula is C21H16ClN3O5. The van der Waals surface area contributed by atoms with E-state index in [2.05, 4.69) is 11.6 Å². The Bertz CT molecular complexity index is 1200. The molecule has 0 radical (unpaired) electrons. The number of nitrogens with two attached hydrogens (primary N) is 1. The number of pyridine rings is 1. The van der Waals surface area contributed by atoms with Gasteiger partial charge in [-0.3, -0.25) is 0 Å². The van der Waals surface area contributed by atoms with Crippen molar-refractivity contribution in [2.75, 3.05) is 13.4 Å². The predicted octanol–water partition coefficient (Wildman–Crippen LogP) is 3.43. The van der Waals surface area contributed by atoms with Gasteiger partial charge in [0, 0.05) is 17.0 Å². The largest absolute Gasteiger partial charge is 0.458 e. The van der Waals surface area contributed by atoms with Crippen LogP contribution in [0.5, 0.6) is 11.5 Å². The zero-order valence-corrected chi connectivity index (χ0v) is 16.7. The van der Waals surface area contributed by atoms with Crippen LogP contribution in [0.3, 0.4) is 0 Å². The van der Waals surface area contributed by atoms with Gasteiger partial charge in [-0.05, 0) is 19.1 Å². The number of ether oxygens (including phenoxy) is 4. The van der Waals surface area contributed by atoms with Crippen LogP contribution >= 0.6 is 11.6 Å². The lowest BCUT2D eigenvalue weighted by Crippen LogP contribution is -2.26. The highest BCUT2D eigenvalue weighted by molar-refractivity contribution is 6.30. The molecule has 0 bridgehead atoms. The second kappa shape index (κ2) is 7.61. The van der Waals surface area contributed by atoms with Gasteiger partial charge in [-0.25, -0.2) is 9.78 Å². The van der Waals surface area contributed by atoms with Crippen molar-refractivity contribution in [3.63, 3.8) is 0 Å². The number of esters is 1. The highest BCUT2D eigenvalue weighted by Crippen LogP contribution is 2.44. The van der Waals surface area contributed by atoms with Crippen molar-refractivity contribution in [2.24, 2.45) is 5.73 Å². The summed E-state index contributed by atoms with van der Waals surface area (Å²) in [6, 6.07) is 7.23. The summed E-state index contributed by atoms with van der Waals surface area (Å²) in [5, 5.41) is 10.5. The Balaban J connectivity index is 1.90. The predicted molar refractivity (Wildman–Crippen MR) is 107 cm³/mol. The topological polar surface area (TPSA) is 117 Å². The van der Waals surface area contributed by atoms with Crippen molar-refractivity contribution in [1.29, 1.82) is 5.26 Å². The number of nitrogens with zero attached hydrogens (tertiary/aromatic N) is 2. The van der Waals surface area contributed by atoms with E-state index in [4.69, 9.17) is 36.3 Å². The Morgan fingerprint density at radius 3 is 2.87 bits per heavy atom. The van der Waals surface area contributed by atoms with E-state index >= 15 is 0 Å². The average Bonchev–Trinajstić information content (AvgIpc) is 3.16. The van der Waals surface area contributed by atoms with Crippen molar-refractivity contribution in [3.05, 3.63) is 64.4 Å². The lowest BCUT2D eigenvalue weighted by atomic mass is 9.83. The van der Waals surface area contributed by atoms with E-state index in [0.29, 0.717) is 28.0 Å². The first-order valence-electron chi connectivity index (χ1n) is 8.90. The summed E-state index contributed by atoms with van der Waals surface area (Å²) in [5.74, 6) is -0.335. The lowest BCUT2D eigenvalue weighted by Gasteiger charge is -2.27. The molecule has 9 heteroatoms. The molecule has 0 saturated heterocycles. The molecule has 8 nitrogen and oxygen atoms in total. The number of allylic oxidation sites excluding steroid dienone is 2. The van der Waals surface area contributed by atoms with E-state index < -0.39 is 11.9 Å². The molecular weight excluding hydrogens is 410 g/mol. The van der Waals surface area contributed by atoms with Crippen LogP contribution in [0.1, 0.15) is 18.4 Å². The summed E-state index contributed by atoms with van der Waals surface area (Å²) in [5.41, 5.74) is 7.08. The van der Waals surface area contributed by atoms with Crippen molar-refractivity contribution < 1.29 is 23.7 Å². The van der Waals surface area contributed by atoms with Gasteiger partial charge in [0.05, 0.1) is 17.0 Å². The summed E-state index contributed by atoms with van der Waals surface area (Å²) in [6.45, 7) is 5.22. The van der Waals surface area contributed by atoms with Crippen molar-refractivity contribution >= 4 is 28.5 Å². The molecule has 1 unspecified atom stereocenters. The number of rotatable bonds is 4. The molecule has 2 aliphatic rings. The molecule has 152 valence electrons. The van der Waals surface area contributed by atoms with Gasteiger partial charge in [0.15, 0.2) is 11.5 Å². The number of hydrogen-bond donors (Lipinski definition) is 1. The smallest absolute Gasteiger partial charge is 0.338 e. The summed E-state index contributed by atoms with van der Waals surface area (Å²) < 4.78 is 21.4. The molecule has 3 heterocycles. The quantitative estimate of drug-likeness (QED) is 0.450. The molecule has 0 saturated carbocycles. The van der Waals surface area contributed by atoms with Crippen LogP contribution in [-0.4, -0.2) is 24.4 Å². The van der Waals surface area contributed by atoms with E-state index in [0.717, 1.165) is 0 Å². The molecule has 0 spiro atoms. The van der Waals surface area contributed by atoms with Crippen LogP contribution < -0.4 is 15.2 Å². The van der Waals surface area contributed by atoms with Gasteiger partial charge in [-0.2, -0.15) is 5.26 Å². The molecule has 0 aliphatic carbocycles. The van der Waals surface area contributed by atoms with E-state index in [1.54, 1.807) is 25.1 Å². The number of carbonyl (C=O) groups is 1. The first-order valence-corrected chi connectivity index (χ1v) is 9.28. The fourth-order valence-corrected chi connectivity index (χ4v) is 3.68. The van der Waals surface area contributed by atoms with Gasteiger partial charge >= 0.3 is 5.97 Å². The molecule has 2 aliphatic heterocycles. The number of hydrogen-bond acceptors (Lipinski definition) is 8. The number of nitriles is 1. The third-order valence-corrected chi connectivity index (χ3v) is 5.06. The zero-order valence-electron chi connectivity index (χ0n) is 15.9. The number of aromatic nitrogens is 1. The number of fused-ring (bicyclic) bond motifs is 2. The minimum atomic E-state index is -0.907. The Hall–Kier alpha value is -3.70. The normalized spacial score (nSPS) is 17.6.